The number of hydrogen-bond acceptors (Lipinski definition) is 4. The van der Waals surface area contributed by atoms with Crippen molar-refractivity contribution >= 4 is 0 Å². The van der Waals surface area contributed by atoms with E-state index in [4.69, 9.17) is 14.9 Å². The Hall–Kier alpha value is -0.160. The minimum absolute atomic E-state index is 0.319. The van der Waals surface area contributed by atoms with Crippen molar-refractivity contribution in [2.24, 2.45) is 0 Å². The summed E-state index contributed by atoms with van der Waals surface area (Å²) in [6.45, 7) is 6.86. The molecule has 2 N–H and O–H groups in total. The quantitative estimate of drug-likeness (QED) is 0.666. The molecule has 4 heteroatoms. The molecule has 13 heavy (non-hydrogen) atoms. The Morgan fingerprint density at radius 3 is 1.62 bits per heavy atom. The van der Waals surface area contributed by atoms with Crippen LogP contribution in [0.5, 0.6) is 0 Å². The molecule has 0 fully saturated rings. The highest BCUT2D eigenvalue weighted by Crippen LogP contribution is 1.79. The molecule has 0 aromatic heterocycles. The van der Waals surface area contributed by atoms with Crippen LogP contribution in [0.15, 0.2) is 0 Å². The third-order valence-corrected chi connectivity index (χ3v) is 0.971. The Kier molecular flexibility index (Phi) is 14.0. The molecule has 0 aliphatic rings. The first kappa shape index (κ1) is 15.3. The van der Waals surface area contributed by atoms with Gasteiger partial charge in [0.25, 0.3) is 0 Å². The normalized spacial score (nSPS) is 14.3. The third-order valence-electron chi connectivity index (χ3n) is 0.971. The number of rotatable bonds is 5. The topological polar surface area (TPSA) is 58.9 Å². The minimum Gasteiger partial charge on any atom is -0.391 e. The molecule has 0 radical (unpaired) electrons. The Labute approximate surface area is 80.5 Å². The Morgan fingerprint density at radius 2 is 1.54 bits per heavy atom. The van der Waals surface area contributed by atoms with Crippen molar-refractivity contribution in [1.82, 2.24) is 0 Å². The number of aliphatic hydroxyl groups is 2. The van der Waals surface area contributed by atoms with E-state index in [1.807, 2.05) is 6.92 Å². The van der Waals surface area contributed by atoms with Crippen LogP contribution in [0.25, 0.3) is 0 Å². The van der Waals surface area contributed by atoms with E-state index in [0.717, 1.165) is 0 Å². The fourth-order valence-electron chi connectivity index (χ4n) is 0.530. The van der Waals surface area contributed by atoms with Gasteiger partial charge in [0.2, 0.25) is 0 Å². The number of ether oxygens (including phenoxy) is 2. The summed E-state index contributed by atoms with van der Waals surface area (Å²) in [5, 5.41) is 17.0. The number of methoxy groups -OCH3 is 1. The second-order valence-corrected chi connectivity index (χ2v) is 2.81. The van der Waals surface area contributed by atoms with Gasteiger partial charge in [-0.25, -0.2) is 0 Å². The highest BCUT2D eigenvalue weighted by atomic mass is 16.5. The third kappa shape index (κ3) is 24.5. The zero-order valence-corrected chi connectivity index (χ0v) is 8.99. The summed E-state index contributed by atoms with van der Waals surface area (Å²) in [5.74, 6) is 0. The predicted octanol–water partition coefficient (Wildman–Crippen LogP) is 0.417. The molecule has 0 heterocycles. The first-order chi connectivity index (χ1) is 6.04. The van der Waals surface area contributed by atoms with Crippen LogP contribution >= 0.6 is 0 Å². The minimum atomic E-state index is -0.324. The van der Waals surface area contributed by atoms with E-state index in [0.29, 0.717) is 19.8 Å². The first-order valence-corrected chi connectivity index (χ1v) is 4.47. The maximum atomic E-state index is 8.56. The van der Waals surface area contributed by atoms with E-state index in [1.54, 1.807) is 21.0 Å². The fourth-order valence-corrected chi connectivity index (χ4v) is 0.530. The summed E-state index contributed by atoms with van der Waals surface area (Å²) in [6.07, 6.45) is -0.644. The second-order valence-electron chi connectivity index (χ2n) is 2.81. The highest BCUT2D eigenvalue weighted by molar-refractivity contribution is 4.38. The van der Waals surface area contributed by atoms with Crippen LogP contribution in [0.3, 0.4) is 0 Å². The number of hydrogen-bond donors (Lipinski definition) is 2. The van der Waals surface area contributed by atoms with Gasteiger partial charge in [0.15, 0.2) is 0 Å². The highest BCUT2D eigenvalue weighted by Gasteiger charge is 1.90. The van der Waals surface area contributed by atoms with Gasteiger partial charge in [-0.2, -0.15) is 0 Å². The van der Waals surface area contributed by atoms with Gasteiger partial charge in [0.05, 0.1) is 25.4 Å². The predicted molar refractivity (Wildman–Crippen MR) is 51.7 cm³/mol. The van der Waals surface area contributed by atoms with Crippen molar-refractivity contribution in [2.45, 2.75) is 33.0 Å². The van der Waals surface area contributed by atoms with Crippen molar-refractivity contribution in [1.29, 1.82) is 0 Å². The lowest BCUT2D eigenvalue weighted by molar-refractivity contribution is 0.0527. The van der Waals surface area contributed by atoms with Gasteiger partial charge in [-0.1, -0.05) is 0 Å². The molecule has 2 atom stereocenters. The molecule has 0 bridgehead atoms. The molecule has 0 aliphatic heterocycles. The van der Waals surface area contributed by atoms with Gasteiger partial charge in [-0.3, -0.25) is 0 Å². The van der Waals surface area contributed by atoms with Gasteiger partial charge >= 0.3 is 0 Å². The van der Waals surface area contributed by atoms with E-state index < -0.39 is 0 Å². The van der Waals surface area contributed by atoms with Crippen molar-refractivity contribution in [3.8, 4) is 0 Å². The van der Waals surface area contributed by atoms with E-state index in [-0.39, 0.29) is 12.2 Å². The van der Waals surface area contributed by atoms with Crippen LogP contribution < -0.4 is 0 Å². The number of aliphatic hydroxyl groups excluding tert-OH is 2. The van der Waals surface area contributed by atoms with E-state index >= 15 is 0 Å². The van der Waals surface area contributed by atoms with Gasteiger partial charge in [0, 0.05) is 13.7 Å². The van der Waals surface area contributed by atoms with E-state index in [9.17, 15) is 0 Å². The first-order valence-electron chi connectivity index (χ1n) is 4.47. The summed E-state index contributed by atoms with van der Waals surface area (Å²) in [6, 6.07) is 0. The summed E-state index contributed by atoms with van der Waals surface area (Å²) in [5.41, 5.74) is 0. The zero-order chi connectivity index (χ0) is 10.7. The molecule has 0 rings (SSSR count). The Balaban J connectivity index is 0. The monoisotopic (exact) mass is 194 g/mol. The second kappa shape index (κ2) is 11.8. The molecule has 0 spiro atoms. The van der Waals surface area contributed by atoms with Crippen LogP contribution in [-0.2, 0) is 9.47 Å². The van der Waals surface area contributed by atoms with E-state index in [2.05, 4.69) is 4.74 Å². The standard InChI is InChI=1S/C5H12O2.C4H10O2/c1-3-7-4-5(2)6;1-4(5)3-6-2/h5-6H,3-4H2,1-2H3;4-5H,3H2,1-2H3. The summed E-state index contributed by atoms with van der Waals surface area (Å²) < 4.78 is 9.40. The molecule has 0 aromatic carbocycles. The lowest BCUT2D eigenvalue weighted by Gasteiger charge is -2.00. The lowest BCUT2D eigenvalue weighted by Crippen LogP contribution is -2.09. The van der Waals surface area contributed by atoms with Crippen molar-refractivity contribution < 1.29 is 19.7 Å². The van der Waals surface area contributed by atoms with Crippen LogP contribution in [-0.4, -0.2) is 49.4 Å². The molecule has 0 saturated carbocycles. The summed E-state index contributed by atoms with van der Waals surface area (Å²) in [4.78, 5) is 0. The maximum absolute atomic E-state index is 8.56. The average molecular weight is 194 g/mol. The Bertz CT molecular complexity index is 83.7. The van der Waals surface area contributed by atoms with Crippen molar-refractivity contribution in [2.75, 3.05) is 26.9 Å². The molecule has 0 aromatic rings. The largest absolute Gasteiger partial charge is 0.391 e. The molecule has 2 unspecified atom stereocenters. The maximum Gasteiger partial charge on any atom is 0.0745 e. The van der Waals surface area contributed by atoms with Gasteiger partial charge in [0.1, 0.15) is 0 Å². The van der Waals surface area contributed by atoms with Crippen molar-refractivity contribution in [3.63, 3.8) is 0 Å². The lowest BCUT2D eigenvalue weighted by atomic mass is 10.4. The van der Waals surface area contributed by atoms with Crippen molar-refractivity contribution in [3.05, 3.63) is 0 Å². The average Bonchev–Trinajstić information content (AvgIpc) is 2.01. The van der Waals surface area contributed by atoms with Crippen LogP contribution in [0, 0.1) is 0 Å². The zero-order valence-electron chi connectivity index (χ0n) is 8.99. The summed E-state index contributed by atoms with van der Waals surface area (Å²) in [7, 11) is 1.56. The molecule has 0 saturated heterocycles. The van der Waals surface area contributed by atoms with Gasteiger partial charge in [-0.05, 0) is 20.8 Å². The molecule has 4 nitrogen and oxygen atoms in total. The van der Waals surface area contributed by atoms with Gasteiger partial charge < -0.3 is 19.7 Å². The van der Waals surface area contributed by atoms with Gasteiger partial charge in [-0.15, -0.1) is 0 Å². The molecule has 82 valence electrons. The fraction of sp³-hybridized carbons (Fsp3) is 1.00. The molecule has 0 amide bonds. The van der Waals surface area contributed by atoms with Crippen LogP contribution in [0.4, 0.5) is 0 Å². The molecular formula is C9H22O4. The molecule has 0 aliphatic carbocycles. The molecular weight excluding hydrogens is 172 g/mol. The van der Waals surface area contributed by atoms with E-state index in [1.165, 1.54) is 0 Å². The van der Waals surface area contributed by atoms with Crippen LogP contribution in [0.1, 0.15) is 20.8 Å². The Morgan fingerprint density at radius 1 is 1.08 bits per heavy atom. The summed E-state index contributed by atoms with van der Waals surface area (Å²) >= 11 is 0. The smallest absolute Gasteiger partial charge is 0.0745 e. The van der Waals surface area contributed by atoms with Crippen LogP contribution in [0.2, 0.25) is 0 Å². The SMILES string of the molecule is CCOCC(C)O.COCC(C)O.